The van der Waals surface area contributed by atoms with Gasteiger partial charge in [0.25, 0.3) is 0 Å². The van der Waals surface area contributed by atoms with E-state index in [4.69, 9.17) is 9.79 Å². The highest BCUT2D eigenvalue weighted by Crippen LogP contribution is 2.30. The highest BCUT2D eigenvalue weighted by molar-refractivity contribution is 7.46. The van der Waals surface area contributed by atoms with Gasteiger partial charge in [-0.25, -0.2) is 9.11 Å². The molecule has 0 aliphatic heterocycles. The molecule has 0 aromatic carbocycles. The summed E-state index contributed by atoms with van der Waals surface area (Å²) in [4.78, 5) is 25.4. The van der Waals surface area contributed by atoms with Crippen LogP contribution in [0.15, 0.2) is 0 Å². The SMILES string of the molecule is CNC(=O)NC.O=[PH](O)O[PH](=O)O. The first-order valence-corrected chi connectivity index (χ1v) is 5.50. The molecule has 13 heavy (non-hydrogen) atoms. The van der Waals surface area contributed by atoms with E-state index in [0.717, 1.165) is 0 Å². The molecule has 0 bridgehead atoms. The van der Waals surface area contributed by atoms with E-state index in [1.807, 2.05) is 0 Å². The molecular weight excluding hydrogens is 222 g/mol. The lowest BCUT2D eigenvalue weighted by Crippen LogP contribution is -2.28. The zero-order chi connectivity index (χ0) is 10.9. The predicted molar refractivity (Wildman–Crippen MR) is 47.0 cm³/mol. The van der Waals surface area contributed by atoms with Gasteiger partial charge in [0.1, 0.15) is 0 Å². The second kappa shape index (κ2) is 9.70. The van der Waals surface area contributed by atoms with Gasteiger partial charge >= 0.3 is 22.5 Å². The van der Waals surface area contributed by atoms with Crippen molar-refractivity contribution < 1.29 is 28.0 Å². The quantitative estimate of drug-likeness (QED) is 0.469. The van der Waals surface area contributed by atoms with Gasteiger partial charge in [0.2, 0.25) is 0 Å². The first kappa shape index (κ1) is 15.1. The van der Waals surface area contributed by atoms with Crippen molar-refractivity contribution in [1.29, 1.82) is 0 Å². The van der Waals surface area contributed by atoms with Crippen LogP contribution in [-0.4, -0.2) is 29.9 Å². The highest BCUT2D eigenvalue weighted by atomic mass is 31.2. The molecule has 0 rings (SSSR count). The largest absolute Gasteiger partial charge is 0.341 e. The van der Waals surface area contributed by atoms with Crippen LogP contribution in [0.1, 0.15) is 0 Å². The van der Waals surface area contributed by atoms with E-state index in [1.54, 1.807) is 14.1 Å². The minimum Gasteiger partial charge on any atom is -0.341 e. The van der Waals surface area contributed by atoms with Crippen molar-refractivity contribution in [1.82, 2.24) is 10.6 Å². The average molecular weight is 234 g/mol. The van der Waals surface area contributed by atoms with Crippen LogP contribution in [0.4, 0.5) is 4.79 Å². The summed E-state index contributed by atoms with van der Waals surface area (Å²) in [7, 11) is -3.27. The van der Waals surface area contributed by atoms with Crippen molar-refractivity contribution in [3.8, 4) is 0 Å². The van der Waals surface area contributed by atoms with Crippen LogP contribution < -0.4 is 10.6 Å². The number of nitrogens with one attached hydrogen (secondary N) is 2. The number of hydrogen-bond donors (Lipinski definition) is 4. The van der Waals surface area contributed by atoms with Gasteiger partial charge in [-0.1, -0.05) is 0 Å². The fourth-order valence-electron chi connectivity index (χ4n) is 0.200. The van der Waals surface area contributed by atoms with Gasteiger partial charge in [0.15, 0.2) is 0 Å². The Bertz CT molecular complexity index is 178. The van der Waals surface area contributed by atoms with Crippen LogP contribution in [-0.2, 0) is 13.4 Å². The molecule has 0 aliphatic carbocycles. The van der Waals surface area contributed by atoms with Crippen LogP contribution in [0.5, 0.6) is 0 Å². The molecule has 4 N–H and O–H groups in total. The van der Waals surface area contributed by atoms with Gasteiger partial charge < -0.3 is 20.4 Å². The summed E-state index contributed by atoms with van der Waals surface area (Å²) >= 11 is 0. The molecular formula is C3H12N2O6P2. The molecule has 0 heterocycles. The molecule has 8 nitrogen and oxygen atoms in total. The standard InChI is InChI=1S/C3H8N2O.H4O5P2/c1-4-3(6)5-2;1-6(2)5-7(3)4/h1-2H3,(H2,4,5,6);6-7H,(H,1,2)(H,3,4). The number of carbonyl (C=O) groups is 1. The predicted octanol–water partition coefficient (Wildman–Crippen LogP) is -0.688. The average Bonchev–Trinajstić information content (AvgIpc) is 2.01. The summed E-state index contributed by atoms with van der Waals surface area (Å²) in [5, 5.41) is 4.73. The van der Waals surface area contributed by atoms with Crippen molar-refractivity contribution in [3.63, 3.8) is 0 Å². The summed E-state index contributed by atoms with van der Waals surface area (Å²) in [6, 6.07) is -0.157. The number of urea groups is 1. The van der Waals surface area contributed by atoms with E-state index in [-0.39, 0.29) is 6.03 Å². The van der Waals surface area contributed by atoms with Crippen molar-refractivity contribution in [2.75, 3.05) is 14.1 Å². The zero-order valence-electron chi connectivity index (χ0n) is 7.03. The Morgan fingerprint density at radius 2 is 1.46 bits per heavy atom. The number of amides is 2. The van der Waals surface area contributed by atoms with Gasteiger partial charge in [-0.05, 0) is 0 Å². The summed E-state index contributed by atoms with van der Waals surface area (Å²) in [5.74, 6) is 0. The third kappa shape index (κ3) is 18.5. The molecule has 0 saturated carbocycles. The van der Waals surface area contributed by atoms with E-state index in [1.165, 1.54) is 0 Å². The Morgan fingerprint density at radius 3 is 1.46 bits per heavy atom. The number of rotatable bonds is 2. The van der Waals surface area contributed by atoms with Gasteiger partial charge in [0, 0.05) is 14.1 Å². The molecule has 0 fully saturated rings. The van der Waals surface area contributed by atoms with Crippen LogP contribution in [0.2, 0.25) is 0 Å². The molecule has 0 aliphatic rings. The first-order valence-electron chi connectivity index (χ1n) is 2.97. The normalized spacial score (nSPS) is 13.2. The van der Waals surface area contributed by atoms with Crippen molar-refractivity contribution in [3.05, 3.63) is 0 Å². The van der Waals surface area contributed by atoms with Crippen molar-refractivity contribution >= 4 is 22.5 Å². The maximum Gasteiger partial charge on any atom is 0.323 e. The van der Waals surface area contributed by atoms with E-state index in [9.17, 15) is 13.9 Å². The fraction of sp³-hybridized carbons (Fsp3) is 0.667. The lowest BCUT2D eigenvalue weighted by atomic mass is 11.0. The summed E-state index contributed by atoms with van der Waals surface area (Å²) in [6.45, 7) is 0. The molecule has 0 aromatic rings. The van der Waals surface area contributed by atoms with Crippen molar-refractivity contribution in [2.45, 2.75) is 0 Å². The molecule has 2 amide bonds. The highest BCUT2D eigenvalue weighted by Gasteiger charge is 1.93. The summed E-state index contributed by atoms with van der Waals surface area (Å²) in [5.41, 5.74) is 0. The third-order valence-corrected chi connectivity index (χ3v) is 2.03. The van der Waals surface area contributed by atoms with Gasteiger partial charge in [-0.3, -0.25) is 9.13 Å². The minimum absolute atomic E-state index is 0.157. The van der Waals surface area contributed by atoms with E-state index < -0.39 is 16.5 Å². The van der Waals surface area contributed by atoms with Crippen molar-refractivity contribution in [2.24, 2.45) is 0 Å². The summed E-state index contributed by atoms with van der Waals surface area (Å²) < 4.78 is 22.3. The van der Waals surface area contributed by atoms with Crippen LogP contribution in [0.3, 0.4) is 0 Å². The first-order chi connectivity index (χ1) is 5.93. The molecule has 0 aromatic heterocycles. The smallest absolute Gasteiger partial charge is 0.323 e. The second-order valence-corrected chi connectivity index (χ2v) is 3.34. The topological polar surface area (TPSA) is 125 Å². The Hall–Kier alpha value is -0.390. The van der Waals surface area contributed by atoms with Gasteiger partial charge in [-0.2, -0.15) is 0 Å². The van der Waals surface area contributed by atoms with Crippen LogP contribution >= 0.6 is 16.5 Å². The Kier molecular flexibility index (Phi) is 11.3. The molecule has 0 saturated heterocycles. The Balaban J connectivity index is 0. The zero-order valence-corrected chi connectivity index (χ0v) is 9.03. The number of carbonyl (C=O) groups excluding carboxylic acids is 1. The molecule has 2 atom stereocenters. The fourth-order valence-corrected chi connectivity index (χ4v) is 0.797. The van der Waals surface area contributed by atoms with E-state index in [0.29, 0.717) is 0 Å². The molecule has 0 radical (unpaired) electrons. The lowest BCUT2D eigenvalue weighted by Gasteiger charge is -1.91. The van der Waals surface area contributed by atoms with Crippen LogP contribution in [0.25, 0.3) is 0 Å². The molecule has 10 heteroatoms. The summed E-state index contributed by atoms with van der Waals surface area (Å²) in [6.07, 6.45) is 0. The maximum absolute atomic E-state index is 9.96. The Labute approximate surface area is 76.2 Å². The maximum atomic E-state index is 9.96. The molecule has 0 spiro atoms. The van der Waals surface area contributed by atoms with E-state index >= 15 is 0 Å². The lowest BCUT2D eigenvalue weighted by molar-refractivity contribution is 0.245. The van der Waals surface area contributed by atoms with Crippen LogP contribution in [0, 0.1) is 0 Å². The van der Waals surface area contributed by atoms with Gasteiger partial charge in [0.05, 0.1) is 0 Å². The number of hydrogen-bond acceptors (Lipinski definition) is 4. The molecule has 2 unspecified atom stereocenters. The molecule has 80 valence electrons. The van der Waals surface area contributed by atoms with Gasteiger partial charge in [-0.15, -0.1) is 0 Å². The third-order valence-electron chi connectivity index (χ3n) is 0.629. The Morgan fingerprint density at radius 1 is 1.15 bits per heavy atom. The second-order valence-electron chi connectivity index (χ2n) is 1.46. The van der Waals surface area contributed by atoms with E-state index in [2.05, 4.69) is 14.9 Å². The minimum atomic E-state index is -3.20. The monoisotopic (exact) mass is 234 g/mol.